The first-order valence-corrected chi connectivity index (χ1v) is 7.41. The van der Waals surface area contributed by atoms with Crippen LogP contribution in [0, 0.1) is 0 Å². The normalized spacial score (nSPS) is 10.5. The van der Waals surface area contributed by atoms with Crippen molar-refractivity contribution >= 4 is 27.7 Å². The molecule has 21 heavy (non-hydrogen) atoms. The van der Waals surface area contributed by atoms with Crippen LogP contribution >= 0.6 is 11.3 Å². The van der Waals surface area contributed by atoms with Crippen molar-refractivity contribution in [1.29, 1.82) is 0 Å². The van der Waals surface area contributed by atoms with Gasteiger partial charge in [0.15, 0.2) is 6.29 Å². The monoisotopic (exact) mass is 298 g/mol. The van der Waals surface area contributed by atoms with Gasteiger partial charge < -0.3 is 9.47 Å². The smallest absolute Gasteiger partial charge is 0.153 e. The first-order valence-electron chi connectivity index (χ1n) is 6.53. The molecule has 0 radical (unpaired) electrons. The van der Waals surface area contributed by atoms with Crippen molar-refractivity contribution in [2.75, 3.05) is 7.11 Å². The van der Waals surface area contributed by atoms with Gasteiger partial charge in [-0.3, -0.25) is 4.79 Å². The van der Waals surface area contributed by atoms with Gasteiger partial charge in [-0.05, 0) is 29.0 Å². The van der Waals surface area contributed by atoms with Crippen molar-refractivity contribution in [3.63, 3.8) is 0 Å². The summed E-state index contributed by atoms with van der Waals surface area (Å²) < 4.78 is 12.2. The third-order valence-corrected chi connectivity index (χ3v) is 4.30. The zero-order valence-corrected chi connectivity index (χ0v) is 12.4. The van der Waals surface area contributed by atoms with E-state index in [1.165, 1.54) is 10.1 Å². The average Bonchev–Trinajstić information content (AvgIpc) is 2.96. The minimum Gasteiger partial charge on any atom is -0.497 e. The van der Waals surface area contributed by atoms with Crippen molar-refractivity contribution in [3.05, 3.63) is 59.0 Å². The molecule has 106 valence electrons. The Bertz CT molecular complexity index is 777. The van der Waals surface area contributed by atoms with Gasteiger partial charge >= 0.3 is 0 Å². The maximum Gasteiger partial charge on any atom is 0.153 e. The van der Waals surface area contributed by atoms with E-state index in [0.29, 0.717) is 23.7 Å². The predicted molar refractivity (Wildman–Crippen MR) is 84.5 cm³/mol. The zero-order valence-electron chi connectivity index (χ0n) is 11.5. The molecule has 0 N–H and O–H groups in total. The average molecular weight is 298 g/mol. The Labute approximate surface area is 126 Å². The minimum atomic E-state index is 0.429. The number of rotatable bonds is 5. The number of benzene rings is 2. The second-order valence-electron chi connectivity index (χ2n) is 4.57. The standard InChI is InChI=1S/C17H14O3S/c1-19-14-7-6-12(9-18)16(8-14)20-10-13-11-21-17-5-3-2-4-15(13)17/h2-9,11H,10H2,1H3. The summed E-state index contributed by atoms with van der Waals surface area (Å²) in [5.74, 6) is 1.21. The molecule has 1 aromatic heterocycles. The fourth-order valence-electron chi connectivity index (χ4n) is 2.16. The van der Waals surface area contributed by atoms with Crippen molar-refractivity contribution < 1.29 is 14.3 Å². The number of ether oxygens (including phenoxy) is 2. The lowest BCUT2D eigenvalue weighted by Crippen LogP contribution is -1.98. The SMILES string of the molecule is COc1ccc(C=O)c(OCc2csc3ccccc23)c1. The molecule has 0 aliphatic heterocycles. The Balaban J connectivity index is 1.86. The summed E-state index contributed by atoms with van der Waals surface area (Å²) >= 11 is 1.69. The summed E-state index contributed by atoms with van der Waals surface area (Å²) in [4.78, 5) is 11.1. The topological polar surface area (TPSA) is 35.5 Å². The van der Waals surface area contributed by atoms with Crippen LogP contribution in [-0.2, 0) is 6.61 Å². The highest BCUT2D eigenvalue weighted by molar-refractivity contribution is 7.17. The van der Waals surface area contributed by atoms with E-state index in [0.717, 1.165) is 11.8 Å². The summed E-state index contributed by atoms with van der Waals surface area (Å²) in [6, 6.07) is 13.4. The highest BCUT2D eigenvalue weighted by atomic mass is 32.1. The second kappa shape index (κ2) is 5.97. The van der Waals surface area contributed by atoms with Crippen LogP contribution in [0.15, 0.2) is 47.8 Å². The van der Waals surface area contributed by atoms with Gasteiger partial charge in [-0.1, -0.05) is 18.2 Å². The lowest BCUT2D eigenvalue weighted by Gasteiger charge is -2.09. The highest BCUT2D eigenvalue weighted by Crippen LogP contribution is 2.28. The van der Waals surface area contributed by atoms with E-state index in [1.54, 1.807) is 36.6 Å². The van der Waals surface area contributed by atoms with Gasteiger partial charge in [-0.25, -0.2) is 0 Å². The second-order valence-corrected chi connectivity index (χ2v) is 5.48. The number of aldehydes is 1. The Morgan fingerprint density at radius 1 is 1.19 bits per heavy atom. The summed E-state index contributed by atoms with van der Waals surface area (Å²) in [6.45, 7) is 0.429. The zero-order chi connectivity index (χ0) is 14.7. The van der Waals surface area contributed by atoms with Crippen LogP contribution in [0.1, 0.15) is 15.9 Å². The van der Waals surface area contributed by atoms with E-state index in [9.17, 15) is 4.79 Å². The van der Waals surface area contributed by atoms with Gasteiger partial charge in [0.25, 0.3) is 0 Å². The lowest BCUT2D eigenvalue weighted by molar-refractivity contribution is 0.111. The largest absolute Gasteiger partial charge is 0.497 e. The molecule has 0 saturated heterocycles. The van der Waals surface area contributed by atoms with E-state index in [2.05, 4.69) is 17.5 Å². The fraction of sp³-hybridized carbons (Fsp3) is 0.118. The third-order valence-electron chi connectivity index (χ3n) is 3.29. The number of hydrogen-bond acceptors (Lipinski definition) is 4. The van der Waals surface area contributed by atoms with Crippen molar-refractivity contribution in [2.45, 2.75) is 6.61 Å². The quantitative estimate of drug-likeness (QED) is 0.659. The fourth-order valence-corrected chi connectivity index (χ4v) is 3.11. The Morgan fingerprint density at radius 3 is 2.86 bits per heavy atom. The molecule has 0 spiro atoms. The third kappa shape index (κ3) is 2.76. The van der Waals surface area contributed by atoms with Crippen LogP contribution < -0.4 is 9.47 Å². The van der Waals surface area contributed by atoms with Crippen LogP contribution in [0.5, 0.6) is 11.5 Å². The Morgan fingerprint density at radius 2 is 2.05 bits per heavy atom. The number of methoxy groups -OCH3 is 1. The summed E-state index contributed by atoms with van der Waals surface area (Å²) in [7, 11) is 1.59. The number of thiophene rings is 1. The number of carbonyl (C=O) groups excluding carboxylic acids is 1. The van der Waals surface area contributed by atoms with Gasteiger partial charge in [-0.2, -0.15) is 0 Å². The molecule has 0 amide bonds. The minimum absolute atomic E-state index is 0.429. The molecule has 0 atom stereocenters. The van der Waals surface area contributed by atoms with E-state index >= 15 is 0 Å². The highest BCUT2D eigenvalue weighted by Gasteiger charge is 2.08. The molecule has 3 nitrogen and oxygen atoms in total. The maximum atomic E-state index is 11.1. The molecule has 2 aromatic carbocycles. The number of carbonyl (C=O) groups is 1. The first-order chi connectivity index (χ1) is 10.3. The molecular formula is C17H14O3S. The molecular weight excluding hydrogens is 284 g/mol. The molecule has 0 unspecified atom stereocenters. The van der Waals surface area contributed by atoms with Crippen LogP contribution in [0.25, 0.3) is 10.1 Å². The van der Waals surface area contributed by atoms with Crippen molar-refractivity contribution in [1.82, 2.24) is 0 Å². The molecule has 0 bridgehead atoms. The van der Waals surface area contributed by atoms with Gasteiger partial charge in [0.2, 0.25) is 0 Å². The Kier molecular flexibility index (Phi) is 3.88. The van der Waals surface area contributed by atoms with E-state index in [-0.39, 0.29) is 0 Å². The molecule has 1 heterocycles. The van der Waals surface area contributed by atoms with Crippen LogP contribution in [0.2, 0.25) is 0 Å². The van der Waals surface area contributed by atoms with Gasteiger partial charge in [0, 0.05) is 16.3 Å². The molecule has 0 fully saturated rings. The molecule has 4 heteroatoms. The molecule has 0 aliphatic carbocycles. The maximum absolute atomic E-state index is 11.1. The Hall–Kier alpha value is -2.33. The summed E-state index contributed by atoms with van der Waals surface area (Å²) in [5.41, 5.74) is 1.64. The van der Waals surface area contributed by atoms with Crippen molar-refractivity contribution in [3.8, 4) is 11.5 Å². The van der Waals surface area contributed by atoms with E-state index < -0.39 is 0 Å². The van der Waals surface area contributed by atoms with Gasteiger partial charge in [0.05, 0.1) is 12.7 Å². The van der Waals surface area contributed by atoms with Crippen LogP contribution in [0.3, 0.4) is 0 Å². The molecule has 3 aromatic rings. The first kappa shape index (κ1) is 13.6. The van der Waals surface area contributed by atoms with E-state index in [4.69, 9.17) is 9.47 Å². The van der Waals surface area contributed by atoms with Crippen LogP contribution in [0.4, 0.5) is 0 Å². The van der Waals surface area contributed by atoms with E-state index in [1.807, 2.05) is 12.1 Å². The molecule has 0 saturated carbocycles. The predicted octanol–water partition coefficient (Wildman–Crippen LogP) is 4.30. The summed E-state index contributed by atoms with van der Waals surface area (Å²) in [5, 5.41) is 3.28. The molecule has 3 rings (SSSR count). The number of hydrogen-bond donors (Lipinski definition) is 0. The lowest BCUT2D eigenvalue weighted by atomic mass is 10.2. The van der Waals surface area contributed by atoms with Crippen LogP contribution in [-0.4, -0.2) is 13.4 Å². The summed E-state index contributed by atoms with van der Waals surface area (Å²) in [6.07, 6.45) is 0.792. The van der Waals surface area contributed by atoms with Gasteiger partial charge in [-0.15, -0.1) is 11.3 Å². The molecule has 0 aliphatic rings. The van der Waals surface area contributed by atoms with Gasteiger partial charge in [0.1, 0.15) is 18.1 Å². The number of fused-ring (bicyclic) bond motifs is 1. The van der Waals surface area contributed by atoms with Crippen molar-refractivity contribution in [2.24, 2.45) is 0 Å².